The second kappa shape index (κ2) is 11.5. The number of carbonyl (C=O) groups excluding carboxylic acids is 2. The van der Waals surface area contributed by atoms with Crippen molar-refractivity contribution in [3.63, 3.8) is 0 Å². The Hall–Kier alpha value is -4.02. The van der Waals surface area contributed by atoms with Crippen molar-refractivity contribution in [1.82, 2.24) is 15.0 Å². The minimum Gasteiger partial charge on any atom is -0.509 e. The Kier molecular flexibility index (Phi) is 7.59. The maximum Gasteiger partial charge on any atom is 0.268 e. The molecule has 1 atom stereocenters. The van der Waals surface area contributed by atoms with E-state index in [4.69, 9.17) is 21.6 Å². The monoisotopic (exact) mass is 588 g/mol. The number of para-hydroxylation sites is 1. The fraction of sp³-hybridized carbons (Fsp3) is 0.267. The van der Waals surface area contributed by atoms with E-state index in [0.29, 0.717) is 38.4 Å². The molecule has 2 aromatic heterocycles. The Morgan fingerprint density at radius 2 is 1.85 bits per heavy atom. The van der Waals surface area contributed by atoms with Crippen molar-refractivity contribution in [2.45, 2.75) is 48.6 Å². The number of rotatable bonds is 7. The summed E-state index contributed by atoms with van der Waals surface area (Å²) < 4.78 is 0. The highest BCUT2D eigenvalue weighted by Crippen LogP contribution is 2.38. The number of nitrogens with zero attached hydrogens (tertiary/aromatic N) is 4. The number of aromatic amines is 1. The van der Waals surface area contributed by atoms with Gasteiger partial charge in [0.05, 0.1) is 16.8 Å². The van der Waals surface area contributed by atoms with Crippen LogP contribution < -0.4 is 15.1 Å². The molecule has 0 aliphatic carbocycles. The van der Waals surface area contributed by atoms with Gasteiger partial charge < -0.3 is 20.3 Å². The van der Waals surface area contributed by atoms with E-state index < -0.39 is 17.9 Å². The molecule has 2 amide bonds. The normalized spacial score (nSPS) is 17.5. The van der Waals surface area contributed by atoms with Crippen LogP contribution in [-0.4, -0.2) is 51.0 Å². The highest BCUT2D eigenvalue weighted by molar-refractivity contribution is 7.99. The molecule has 4 heterocycles. The molecule has 0 spiro atoms. The van der Waals surface area contributed by atoms with Gasteiger partial charge in [-0.1, -0.05) is 54.6 Å². The molecule has 2 aromatic carbocycles. The van der Waals surface area contributed by atoms with E-state index in [1.165, 1.54) is 23.1 Å². The lowest BCUT2D eigenvalue weighted by molar-refractivity contribution is -0.119. The third-order valence-electron chi connectivity index (χ3n) is 7.35. The zero-order chi connectivity index (χ0) is 28.5. The van der Waals surface area contributed by atoms with E-state index in [0.717, 1.165) is 37.4 Å². The number of pyridine rings is 1. The van der Waals surface area contributed by atoms with Crippen LogP contribution in [0.2, 0.25) is 5.02 Å². The summed E-state index contributed by atoms with van der Waals surface area (Å²) in [5, 5.41) is 14.6. The topological polar surface area (TPSA) is 114 Å². The van der Waals surface area contributed by atoms with Crippen molar-refractivity contribution in [3.8, 4) is 0 Å². The lowest BCUT2D eigenvalue weighted by Gasteiger charge is -2.25. The van der Waals surface area contributed by atoms with Crippen molar-refractivity contribution in [1.29, 1.82) is 0 Å². The molecule has 210 valence electrons. The molecule has 1 fully saturated rings. The number of amides is 2. The number of aromatic nitrogens is 3. The Morgan fingerprint density at radius 1 is 1.07 bits per heavy atom. The van der Waals surface area contributed by atoms with Crippen LogP contribution >= 0.6 is 23.4 Å². The van der Waals surface area contributed by atoms with E-state index in [-0.39, 0.29) is 11.3 Å². The minimum atomic E-state index is -0.712. The molecule has 11 heteroatoms. The standard InChI is InChI=1S/C30H29ClN6O3S/c1-2-21-26(38)24(29(40)37(21)18-10-5-3-6-11-18)28(39)32-19-12-9-13-22(25(19)31)41-23-15-14-20-27(34-23)35-30(33-20)36-16-7-4-8-17-36/h3,5-6,9-15,21,38H,2,4,7-8,16-17H2,1H3,(H,32,39)(H,33,34,35). The first kappa shape index (κ1) is 27.2. The van der Waals surface area contributed by atoms with Gasteiger partial charge in [0.1, 0.15) is 21.9 Å². The zero-order valence-corrected chi connectivity index (χ0v) is 24.0. The van der Waals surface area contributed by atoms with Gasteiger partial charge in [0, 0.05) is 23.7 Å². The van der Waals surface area contributed by atoms with Crippen molar-refractivity contribution >= 4 is 63.7 Å². The number of hydrogen-bond acceptors (Lipinski definition) is 7. The van der Waals surface area contributed by atoms with Crippen molar-refractivity contribution in [2.75, 3.05) is 28.2 Å². The number of piperidine rings is 1. The third kappa shape index (κ3) is 5.25. The summed E-state index contributed by atoms with van der Waals surface area (Å²) in [6.07, 6.45) is 4.01. The number of benzene rings is 2. The van der Waals surface area contributed by atoms with Crippen LogP contribution in [0.25, 0.3) is 11.2 Å². The molecule has 0 radical (unpaired) electrons. The molecule has 1 unspecified atom stereocenters. The minimum absolute atomic E-state index is 0.249. The summed E-state index contributed by atoms with van der Waals surface area (Å²) in [4.78, 5) is 43.8. The van der Waals surface area contributed by atoms with Gasteiger partial charge in [-0.15, -0.1) is 0 Å². The van der Waals surface area contributed by atoms with Crippen LogP contribution in [0.3, 0.4) is 0 Å². The van der Waals surface area contributed by atoms with Crippen molar-refractivity contribution in [3.05, 3.63) is 77.0 Å². The van der Waals surface area contributed by atoms with Gasteiger partial charge in [0.25, 0.3) is 11.8 Å². The fourth-order valence-corrected chi connectivity index (χ4v) is 6.43. The van der Waals surface area contributed by atoms with Crippen LogP contribution in [-0.2, 0) is 9.59 Å². The van der Waals surface area contributed by atoms with E-state index >= 15 is 0 Å². The molecule has 2 aliphatic heterocycles. The number of H-pyrrole nitrogens is 1. The van der Waals surface area contributed by atoms with Crippen LogP contribution in [0.4, 0.5) is 17.3 Å². The van der Waals surface area contributed by atoms with Crippen molar-refractivity contribution < 1.29 is 14.7 Å². The van der Waals surface area contributed by atoms with Crippen LogP contribution in [0, 0.1) is 0 Å². The average molecular weight is 589 g/mol. The maximum absolute atomic E-state index is 13.3. The zero-order valence-electron chi connectivity index (χ0n) is 22.4. The molecular weight excluding hydrogens is 560 g/mol. The van der Waals surface area contributed by atoms with Gasteiger partial charge in [-0.3, -0.25) is 14.5 Å². The van der Waals surface area contributed by atoms with E-state index in [1.807, 2.05) is 31.2 Å². The SMILES string of the molecule is CCC1C(O)=C(C(=O)Nc2cccc(Sc3ccc4nc(N5CCCCC5)[nH]c4n3)c2Cl)C(=O)N1c1ccccc1. The third-order valence-corrected chi connectivity index (χ3v) is 8.87. The van der Waals surface area contributed by atoms with E-state index in [1.54, 1.807) is 36.4 Å². The number of nitrogens with one attached hydrogen (secondary N) is 2. The second-order valence-corrected chi connectivity index (χ2v) is 11.4. The molecule has 6 rings (SSSR count). The van der Waals surface area contributed by atoms with Crippen LogP contribution in [0.15, 0.2) is 81.9 Å². The van der Waals surface area contributed by atoms with Crippen molar-refractivity contribution in [2.24, 2.45) is 0 Å². The number of anilines is 3. The quantitative estimate of drug-likeness (QED) is 0.216. The predicted molar refractivity (Wildman–Crippen MR) is 162 cm³/mol. The first-order chi connectivity index (χ1) is 19.9. The molecule has 41 heavy (non-hydrogen) atoms. The van der Waals surface area contributed by atoms with Crippen LogP contribution in [0.1, 0.15) is 32.6 Å². The Labute approximate surface area is 246 Å². The van der Waals surface area contributed by atoms with E-state index in [2.05, 4.69) is 15.2 Å². The first-order valence-electron chi connectivity index (χ1n) is 13.7. The number of halogens is 1. The number of imidazole rings is 1. The van der Waals surface area contributed by atoms with Crippen LogP contribution in [0.5, 0.6) is 0 Å². The van der Waals surface area contributed by atoms with Gasteiger partial charge in [0.15, 0.2) is 5.65 Å². The summed E-state index contributed by atoms with van der Waals surface area (Å²) in [5.41, 5.74) is 2.15. The fourth-order valence-electron chi connectivity index (χ4n) is 5.30. The highest BCUT2D eigenvalue weighted by Gasteiger charge is 2.42. The molecule has 0 bridgehead atoms. The number of aliphatic hydroxyl groups excluding tert-OH is 1. The molecule has 4 aromatic rings. The summed E-state index contributed by atoms with van der Waals surface area (Å²) in [6.45, 7) is 3.82. The Balaban J connectivity index is 1.21. The molecular formula is C30H29ClN6O3S. The number of fused-ring (bicyclic) bond motifs is 1. The number of aliphatic hydroxyl groups is 1. The number of hydrogen-bond donors (Lipinski definition) is 3. The van der Waals surface area contributed by atoms with Gasteiger partial charge in [-0.25, -0.2) is 9.97 Å². The number of carbonyl (C=O) groups is 2. The van der Waals surface area contributed by atoms with Gasteiger partial charge in [0.2, 0.25) is 5.95 Å². The summed E-state index contributed by atoms with van der Waals surface area (Å²) in [5.74, 6) is -0.676. The summed E-state index contributed by atoms with van der Waals surface area (Å²) >= 11 is 8.08. The van der Waals surface area contributed by atoms with Gasteiger partial charge >= 0.3 is 0 Å². The molecule has 3 N–H and O–H groups in total. The molecule has 0 saturated carbocycles. The first-order valence-corrected chi connectivity index (χ1v) is 14.8. The average Bonchev–Trinajstić information content (AvgIpc) is 3.53. The van der Waals surface area contributed by atoms with E-state index in [9.17, 15) is 14.7 Å². The van der Waals surface area contributed by atoms with Gasteiger partial charge in [-0.2, -0.15) is 0 Å². The second-order valence-electron chi connectivity index (χ2n) is 9.99. The summed E-state index contributed by atoms with van der Waals surface area (Å²) in [6, 6.07) is 17.5. The largest absolute Gasteiger partial charge is 0.509 e. The summed E-state index contributed by atoms with van der Waals surface area (Å²) in [7, 11) is 0. The molecule has 9 nitrogen and oxygen atoms in total. The lowest BCUT2D eigenvalue weighted by Crippen LogP contribution is -2.36. The Bertz CT molecular complexity index is 1650. The smallest absolute Gasteiger partial charge is 0.268 e. The Morgan fingerprint density at radius 3 is 2.61 bits per heavy atom. The molecule has 2 aliphatic rings. The highest BCUT2D eigenvalue weighted by atomic mass is 35.5. The lowest BCUT2D eigenvalue weighted by atomic mass is 10.1. The molecule has 1 saturated heterocycles. The van der Waals surface area contributed by atoms with Gasteiger partial charge in [-0.05, 0) is 62.1 Å². The predicted octanol–water partition coefficient (Wildman–Crippen LogP) is 6.33. The maximum atomic E-state index is 13.3.